The van der Waals surface area contributed by atoms with Crippen LogP contribution in [0.2, 0.25) is 0 Å². The van der Waals surface area contributed by atoms with Gasteiger partial charge in [0.25, 0.3) is 0 Å². The smallest absolute Gasteiger partial charge is 0.240 e. The van der Waals surface area contributed by atoms with Crippen LogP contribution in [0.15, 0.2) is 64.1 Å². The van der Waals surface area contributed by atoms with E-state index in [2.05, 4.69) is 43.5 Å². The minimum atomic E-state index is -3.56. The summed E-state index contributed by atoms with van der Waals surface area (Å²) in [4.78, 5) is 2.29. The fourth-order valence-corrected chi connectivity index (χ4v) is 4.40. The molecule has 5 nitrogen and oxygen atoms in total. The molecule has 2 aromatic carbocycles. The van der Waals surface area contributed by atoms with Crippen LogP contribution in [-0.4, -0.2) is 38.5 Å². The van der Waals surface area contributed by atoms with Crippen molar-refractivity contribution in [2.45, 2.75) is 10.9 Å². The minimum Gasteiger partial charge on any atom is -0.350 e. The van der Waals surface area contributed by atoms with Crippen LogP contribution in [0.3, 0.4) is 0 Å². The summed E-state index contributed by atoms with van der Waals surface area (Å²) in [5.74, 6) is 0. The highest BCUT2D eigenvalue weighted by molar-refractivity contribution is 9.10. The maximum atomic E-state index is 12.6. The summed E-state index contributed by atoms with van der Waals surface area (Å²) in [6, 6.07) is 14.7. The van der Waals surface area contributed by atoms with Gasteiger partial charge in [-0.05, 0) is 50.0 Å². The van der Waals surface area contributed by atoms with Crippen molar-refractivity contribution >= 4 is 36.9 Å². The molecule has 0 aliphatic heterocycles. The summed E-state index contributed by atoms with van der Waals surface area (Å²) in [6.07, 6.45) is 2.07. The lowest BCUT2D eigenvalue weighted by Gasteiger charge is -2.24. The fourth-order valence-electron chi connectivity index (χ4n) is 3.09. The van der Waals surface area contributed by atoms with Gasteiger partial charge < -0.3 is 9.47 Å². The number of para-hydroxylation sites is 1. The summed E-state index contributed by atoms with van der Waals surface area (Å²) >= 11 is 3.33. The van der Waals surface area contributed by atoms with Crippen LogP contribution in [0.5, 0.6) is 0 Å². The Hall–Kier alpha value is -1.67. The molecule has 1 atom stereocenters. The van der Waals surface area contributed by atoms with Gasteiger partial charge in [0.15, 0.2) is 0 Å². The van der Waals surface area contributed by atoms with Gasteiger partial charge >= 0.3 is 0 Å². The van der Waals surface area contributed by atoms with Crippen molar-refractivity contribution in [1.29, 1.82) is 0 Å². The van der Waals surface area contributed by atoms with E-state index >= 15 is 0 Å². The molecule has 1 unspecified atom stereocenters. The number of aromatic nitrogens is 1. The van der Waals surface area contributed by atoms with Gasteiger partial charge in [-0.3, -0.25) is 0 Å². The number of sulfonamides is 1. The monoisotopic (exact) mass is 435 g/mol. The molecule has 0 fully saturated rings. The quantitative estimate of drug-likeness (QED) is 0.644. The number of hydrogen-bond acceptors (Lipinski definition) is 3. The third-order valence-corrected chi connectivity index (χ3v) is 6.47. The third kappa shape index (κ3) is 3.86. The predicted octanol–water partition coefficient (Wildman–Crippen LogP) is 3.52. The summed E-state index contributed by atoms with van der Waals surface area (Å²) < 4.78 is 30.9. The van der Waals surface area contributed by atoms with Crippen LogP contribution in [-0.2, 0) is 17.1 Å². The van der Waals surface area contributed by atoms with E-state index in [1.165, 1.54) is 0 Å². The molecular formula is C19H22BrN3O2S. The predicted molar refractivity (Wildman–Crippen MR) is 109 cm³/mol. The number of hydrogen-bond donors (Lipinski definition) is 1. The average Bonchev–Trinajstić information content (AvgIpc) is 2.92. The number of aryl methyl sites for hydroxylation is 1. The maximum absolute atomic E-state index is 12.6. The minimum absolute atomic E-state index is 0.0775. The Morgan fingerprint density at radius 3 is 2.42 bits per heavy atom. The molecule has 0 spiro atoms. The van der Waals surface area contributed by atoms with E-state index < -0.39 is 10.0 Å². The number of benzene rings is 2. The van der Waals surface area contributed by atoms with Crippen LogP contribution in [0.25, 0.3) is 10.9 Å². The number of halogens is 1. The lowest BCUT2D eigenvalue weighted by atomic mass is 10.1. The molecule has 7 heteroatoms. The number of rotatable bonds is 6. The van der Waals surface area contributed by atoms with Crippen LogP contribution < -0.4 is 4.72 Å². The first-order chi connectivity index (χ1) is 12.3. The Morgan fingerprint density at radius 2 is 1.77 bits per heavy atom. The Morgan fingerprint density at radius 1 is 1.12 bits per heavy atom. The zero-order chi connectivity index (χ0) is 18.9. The van der Waals surface area contributed by atoms with Gasteiger partial charge in [0, 0.05) is 41.2 Å². The number of nitrogens with one attached hydrogen (secondary N) is 1. The molecule has 1 aromatic heterocycles. The molecule has 0 radical (unpaired) electrons. The van der Waals surface area contributed by atoms with Crippen molar-refractivity contribution in [2.24, 2.45) is 7.05 Å². The Balaban J connectivity index is 1.88. The van der Waals surface area contributed by atoms with Crippen molar-refractivity contribution in [3.05, 3.63) is 64.8 Å². The van der Waals surface area contributed by atoms with Crippen molar-refractivity contribution in [3.63, 3.8) is 0 Å². The molecule has 0 amide bonds. The van der Waals surface area contributed by atoms with Crippen LogP contribution in [0.1, 0.15) is 11.6 Å². The highest BCUT2D eigenvalue weighted by atomic mass is 79.9. The van der Waals surface area contributed by atoms with Crippen molar-refractivity contribution < 1.29 is 8.42 Å². The van der Waals surface area contributed by atoms with Crippen LogP contribution in [0.4, 0.5) is 0 Å². The van der Waals surface area contributed by atoms with E-state index in [4.69, 9.17) is 0 Å². The highest BCUT2D eigenvalue weighted by Gasteiger charge is 2.22. The molecule has 0 saturated heterocycles. The first-order valence-electron chi connectivity index (χ1n) is 8.25. The molecule has 1 N–H and O–H groups in total. The number of nitrogens with zero attached hydrogens (tertiary/aromatic N) is 2. The summed E-state index contributed by atoms with van der Waals surface area (Å²) in [6.45, 7) is 0.291. The molecule has 0 bridgehead atoms. The topological polar surface area (TPSA) is 54.3 Å². The molecule has 138 valence electrons. The third-order valence-electron chi connectivity index (χ3n) is 4.50. The van der Waals surface area contributed by atoms with Gasteiger partial charge in [-0.15, -0.1) is 0 Å². The average molecular weight is 436 g/mol. The molecule has 3 rings (SSSR count). The van der Waals surface area contributed by atoms with E-state index in [1.807, 2.05) is 38.2 Å². The van der Waals surface area contributed by atoms with E-state index in [0.717, 1.165) is 20.9 Å². The van der Waals surface area contributed by atoms with Gasteiger partial charge in [-0.1, -0.05) is 34.1 Å². The summed E-state index contributed by atoms with van der Waals surface area (Å²) in [7, 11) is 2.36. The zero-order valence-electron chi connectivity index (χ0n) is 15.0. The number of fused-ring (bicyclic) bond motifs is 1. The molecule has 26 heavy (non-hydrogen) atoms. The molecule has 0 aliphatic rings. The number of likely N-dealkylation sites (N-methyl/N-ethyl adjacent to an activating group) is 1. The SMILES string of the molecule is CN(C)C(CNS(=O)(=O)c1ccc(Br)cc1)c1cn(C)c2ccccc12. The first kappa shape index (κ1) is 19.1. The molecule has 0 aliphatic carbocycles. The standard InChI is InChI=1S/C19H22BrN3O2S/c1-22(2)19(17-13-23(3)18-7-5-4-6-16(17)18)12-21-26(24,25)15-10-8-14(20)9-11-15/h4-11,13,19,21H,12H2,1-3H3. The highest BCUT2D eigenvalue weighted by Crippen LogP contribution is 2.28. The fraction of sp³-hybridized carbons (Fsp3) is 0.263. The van der Waals surface area contributed by atoms with Crippen LogP contribution in [0, 0.1) is 0 Å². The Labute approximate surface area is 162 Å². The van der Waals surface area contributed by atoms with Crippen LogP contribution >= 0.6 is 15.9 Å². The summed E-state index contributed by atoms with van der Waals surface area (Å²) in [5.41, 5.74) is 2.23. The first-order valence-corrected chi connectivity index (χ1v) is 10.5. The Kier molecular flexibility index (Phi) is 5.53. The van der Waals surface area contributed by atoms with E-state index in [1.54, 1.807) is 24.3 Å². The van der Waals surface area contributed by atoms with E-state index in [0.29, 0.717) is 6.54 Å². The molecule has 3 aromatic rings. The maximum Gasteiger partial charge on any atom is 0.240 e. The molecule has 1 heterocycles. The largest absolute Gasteiger partial charge is 0.350 e. The zero-order valence-corrected chi connectivity index (χ0v) is 17.4. The second-order valence-corrected chi connectivity index (χ2v) is 9.18. The van der Waals surface area contributed by atoms with Gasteiger partial charge in [-0.25, -0.2) is 13.1 Å². The van der Waals surface area contributed by atoms with Gasteiger partial charge in [0.05, 0.1) is 4.90 Å². The van der Waals surface area contributed by atoms with E-state index in [-0.39, 0.29) is 10.9 Å². The lowest BCUT2D eigenvalue weighted by Crippen LogP contribution is -2.34. The Bertz CT molecular complexity index is 1010. The molecule has 0 saturated carbocycles. The van der Waals surface area contributed by atoms with Crippen molar-refractivity contribution in [3.8, 4) is 0 Å². The second-order valence-electron chi connectivity index (χ2n) is 6.50. The second kappa shape index (κ2) is 7.52. The van der Waals surface area contributed by atoms with Gasteiger partial charge in [0.1, 0.15) is 0 Å². The summed E-state index contributed by atoms with van der Waals surface area (Å²) in [5, 5.41) is 1.14. The van der Waals surface area contributed by atoms with E-state index in [9.17, 15) is 8.42 Å². The van der Waals surface area contributed by atoms with Gasteiger partial charge in [-0.2, -0.15) is 0 Å². The van der Waals surface area contributed by atoms with Crippen molar-refractivity contribution in [1.82, 2.24) is 14.2 Å². The van der Waals surface area contributed by atoms with Gasteiger partial charge in [0.2, 0.25) is 10.0 Å². The normalized spacial score (nSPS) is 13.4. The molecular weight excluding hydrogens is 414 g/mol. The van der Waals surface area contributed by atoms with Crippen molar-refractivity contribution in [2.75, 3.05) is 20.6 Å². The lowest BCUT2D eigenvalue weighted by molar-refractivity contribution is 0.301.